The molecule has 0 saturated carbocycles. The van der Waals surface area contributed by atoms with Crippen molar-refractivity contribution in [3.8, 4) is 17.2 Å². The Kier molecular flexibility index (Phi) is 8.48. The van der Waals surface area contributed by atoms with Crippen LogP contribution in [0.1, 0.15) is 5.56 Å². The number of methoxy groups -OCH3 is 3. The molecule has 0 spiro atoms. The van der Waals surface area contributed by atoms with Gasteiger partial charge in [0, 0.05) is 23.4 Å². The number of carbonyl (C=O) groups excluding carboxylic acids is 1. The molecule has 0 radical (unpaired) electrons. The molecule has 0 heterocycles. The van der Waals surface area contributed by atoms with Crippen molar-refractivity contribution in [2.24, 2.45) is 0 Å². The van der Waals surface area contributed by atoms with E-state index in [1.165, 1.54) is 27.4 Å². The summed E-state index contributed by atoms with van der Waals surface area (Å²) in [5.74, 6) is 0.536. The maximum atomic E-state index is 11.5. The number of hydrogen-bond donors (Lipinski definition) is 2. The minimum absolute atomic E-state index is 0.0109. The Labute approximate surface area is 150 Å². The molecule has 0 aliphatic carbocycles. The van der Waals surface area contributed by atoms with Gasteiger partial charge in [0.05, 0.1) is 21.3 Å². The van der Waals surface area contributed by atoms with Gasteiger partial charge in [0.1, 0.15) is 23.9 Å². The lowest BCUT2D eigenvalue weighted by atomic mass is 10.2. The number of carbonyl (C=O) groups is 2. The summed E-state index contributed by atoms with van der Waals surface area (Å²) in [7, 11) is 4.49. The third-order valence-electron chi connectivity index (χ3n) is 3.02. The Morgan fingerprint density at radius 3 is 2.28 bits per heavy atom. The summed E-state index contributed by atoms with van der Waals surface area (Å²) < 4.78 is 20.5. The van der Waals surface area contributed by atoms with Gasteiger partial charge in [-0.05, 0) is 0 Å². The van der Waals surface area contributed by atoms with E-state index in [0.29, 0.717) is 22.8 Å². The predicted octanol–water partition coefficient (Wildman–Crippen LogP) is 2.27. The summed E-state index contributed by atoms with van der Waals surface area (Å²) in [6, 6.07) is 3.33. The number of ether oxygens (including phenoxy) is 4. The molecule has 9 heteroatoms. The van der Waals surface area contributed by atoms with Gasteiger partial charge in [-0.25, -0.2) is 9.59 Å². The molecule has 0 aliphatic heterocycles. The second-order valence-electron chi connectivity index (χ2n) is 4.57. The van der Waals surface area contributed by atoms with Gasteiger partial charge in [0.25, 0.3) is 0 Å². The number of nitrogens with one attached hydrogen (secondary N) is 1. The maximum absolute atomic E-state index is 11.5. The molecule has 1 aromatic carbocycles. The number of benzene rings is 1. The van der Waals surface area contributed by atoms with Gasteiger partial charge in [-0.3, -0.25) is 5.32 Å². The minimum Gasteiger partial charge on any atom is -0.496 e. The van der Waals surface area contributed by atoms with Crippen molar-refractivity contribution in [2.45, 2.75) is 11.1 Å². The zero-order valence-corrected chi connectivity index (χ0v) is 15.1. The first-order valence-corrected chi connectivity index (χ1v) is 8.19. The van der Waals surface area contributed by atoms with Crippen LogP contribution in [0.25, 0.3) is 0 Å². The quantitative estimate of drug-likeness (QED) is 0.477. The Balaban J connectivity index is 2.90. The van der Waals surface area contributed by atoms with Crippen molar-refractivity contribution in [3.63, 3.8) is 0 Å². The van der Waals surface area contributed by atoms with Gasteiger partial charge < -0.3 is 24.1 Å². The smallest absolute Gasteiger partial charge is 0.408 e. The molecule has 1 rings (SSSR count). The molecule has 1 amide bonds. The second-order valence-corrected chi connectivity index (χ2v) is 5.66. The van der Waals surface area contributed by atoms with E-state index in [9.17, 15) is 14.7 Å². The fourth-order valence-corrected chi connectivity index (χ4v) is 2.78. The van der Waals surface area contributed by atoms with E-state index in [1.807, 2.05) is 0 Å². The molecule has 1 atom stereocenters. The summed E-state index contributed by atoms with van der Waals surface area (Å²) in [5, 5.41) is 10.3. The lowest BCUT2D eigenvalue weighted by molar-refractivity contribution is -0.136. The van der Waals surface area contributed by atoms with Gasteiger partial charge in [-0.15, -0.1) is 11.8 Å². The lowest BCUT2D eigenvalue weighted by Gasteiger charge is -2.17. The molecule has 0 saturated heterocycles. The summed E-state index contributed by atoms with van der Waals surface area (Å²) in [5.41, 5.74) is 0.642. The second kappa shape index (κ2) is 10.3. The summed E-state index contributed by atoms with van der Waals surface area (Å²) in [6.07, 6.45) is 0.545. The highest BCUT2D eigenvalue weighted by Gasteiger charge is 2.23. The van der Waals surface area contributed by atoms with Gasteiger partial charge in [0.15, 0.2) is 5.37 Å². The average Bonchev–Trinajstić information content (AvgIpc) is 2.62. The number of thioether (sulfide) groups is 1. The van der Waals surface area contributed by atoms with Crippen LogP contribution in [0.15, 0.2) is 24.8 Å². The Bertz CT molecular complexity index is 595. The number of hydrogen-bond acceptors (Lipinski definition) is 7. The number of amides is 1. The SMILES string of the molecule is C=CCOC(=O)NC(SCc1c(OC)cc(OC)cc1OC)C(=O)O. The highest BCUT2D eigenvalue weighted by atomic mass is 32.2. The summed E-state index contributed by atoms with van der Waals surface area (Å²) >= 11 is 0.979. The number of carboxylic acid groups (broad SMARTS) is 1. The molecular weight excluding hydrogens is 350 g/mol. The van der Waals surface area contributed by atoms with Crippen LogP contribution in [0.2, 0.25) is 0 Å². The number of carboxylic acids is 1. The zero-order valence-electron chi connectivity index (χ0n) is 14.2. The van der Waals surface area contributed by atoms with E-state index in [4.69, 9.17) is 18.9 Å². The molecule has 138 valence electrons. The number of aliphatic carboxylic acids is 1. The molecule has 1 unspecified atom stereocenters. The van der Waals surface area contributed by atoms with Crippen molar-refractivity contribution in [1.82, 2.24) is 5.32 Å². The fraction of sp³-hybridized carbons (Fsp3) is 0.375. The van der Waals surface area contributed by atoms with E-state index in [0.717, 1.165) is 11.8 Å². The van der Waals surface area contributed by atoms with Crippen LogP contribution in [0.4, 0.5) is 4.79 Å². The van der Waals surface area contributed by atoms with Gasteiger partial charge in [-0.1, -0.05) is 12.7 Å². The van der Waals surface area contributed by atoms with Gasteiger partial charge >= 0.3 is 12.1 Å². The van der Waals surface area contributed by atoms with E-state index in [-0.39, 0.29) is 12.4 Å². The van der Waals surface area contributed by atoms with E-state index in [2.05, 4.69) is 11.9 Å². The molecule has 0 aromatic heterocycles. The first-order chi connectivity index (χ1) is 12.0. The number of rotatable bonds is 10. The minimum atomic E-state index is -1.20. The molecule has 1 aromatic rings. The van der Waals surface area contributed by atoms with Gasteiger partial charge in [-0.2, -0.15) is 0 Å². The third-order valence-corrected chi connectivity index (χ3v) is 4.13. The van der Waals surface area contributed by atoms with E-state index in [1.54, 1.807) is 12.1 Å². The normalized spacial score (nSPS) is 11.2. The topological polar surface area (TPSA) is 103 Å². The first-order valence-electron chi connectivity index (χ1n) is 7.14. The largest absolute Gasteiger partial charge is 0.496 e. The first kappa shape index (κ1) is 20.5. The Hall–Kier alpha value is -2.55. The molecule has 0 bridgehead atoms. The predicted molar refractivity (Wildman–Crippen MR) is 93.5 cm³/mol. The number of alkyl carbamates (subject to hydrolysis) is 1. The molecule has 25 heavy (non-hydrogen) atoms. The molecule has 8 nitrogen and oxygen atoms in total. The molecular formula is C16H21NO7S. The van der Waals surface area contributed by atoms with Crippen LogP contribution in [0, 0.1) is 0 Å². The monoisotopic (exact) mass is 371 g/mol. The highest BCUT2D eigenvalue weighted by Crippen LogP contribution is 2.37. The Morgan fingerprint density at radius 1 is 1.24 bits per heavy atom. The molecule has 0 aliphatic rings. The van der Waals surface area contributed by atoms with Gasteiger partial charge in [0.2, 0.25) is 0 Å². The van der Waals surface area contributed by atoms with Crippen LogP contribution in [-0.2, 0) is 15.3 Å². The fourth-order valence-electron chi connectivity index (χ4n) is 1.84. The highest BCUT2D eigenvalue weighted by molar-refractivity contribution is 7.99. The average molecular weight is 371 g/mol. The van der Waals surface area contributed by atoms with Crippen LogP contribution in [-0.4, -0.2) is 50.5 Å². The van der Waals surface area contributed by atoms with Crippen molar-refractivity contribution in [2.75, 3.05) is 27.9 Å². The van der Waals surface area contributed by atoms with Crippen molar-refractivity contribution in [3.05, 3.63) is 30.4 Å². The standard InChI is InChI=1S/C16H21NO7S/c1-5-6-24-16(20)17-14(15(18)19)25-9-11-12(22-3)7-10(21-2)8-13(11)23-4/h5,7-8,14H,1,6,9H2,2-4H3,(H,17,20)(H,18,19). The van der Waals surface area contributed by atoms with E-state index < -0.39 is 17.4 Å². The summed E-state index contributed by atoms with van der Waals surface area (Å²) in [6.45, 7) is 3.40. The molecule has 0 fully saturated rings. The van der Waals surface area contributed by atoms with Crippen molar-refractivity contribution < 1.29 is 33.6 Å². The zero-order chi connectivity index (χ0) is 18.8. The van der Waals surface area contributed by atoms with Crippen LogP contribution < -0.4 is 19.5 Å². The lowest BCUT2D eigenvalue weighted by Crippen LogP contribution is -2.38. The van der Waals surface area contributed by atoms with Crippen LogP contribution in [0.5, 0.6) is 17.2 Å². The Morgan fingerprint density at radius 2 is 1.84 bits per heavy atom. The van der Waals surface area contributed by atoms with Crippen LogP contribution in [0.3, 0.4) is 0 Å². The molecule has 2 N–H and O–H groups in total. The van der Waals surface area contributed by atoms with Crippen molar-refractivity contribution >= 4 is 23.8 Å². The summed E-state index contributed by atoms with van der Waals surface area (Å²) in [4.78, 5) is 22.9. The van der Waals surface area contributed by atoms with Crippen LogP contribution >= 0.6 is 11.8 Å². The maximum Gasteiger partial charge on any atom is 0.408 e. The third kappa shape index (κ3) is 6.11. The van der Waals surface area contributed by atoms with E-state index >= 15 is 0 Å². The van der Waals surface area contributed by atoms with Crippen molar-refractivity contribution in [1.29, 1.82) is 0 Å².